The highest BCUT2D eigenvalue weighted by Crippen LogP contribution is 2.43. The van der Waals surface area contributed by atoms with E-state index in [-0.39, 0.29) is 55.9 Å². The largest absolute Gasteiger partial charge is 0.493 e. The summed E-state index contributed by atoms with van der Waals surface area (Å²) in [6, 6.07) is 26.0. The lowest BCUT2D eigenvalue weighted by Gasteiger charge is -2.22. The van der Waals surface area contributed by atoms with Crippen LogP contribution >= 0.6 is 0 Å². The molecule has 5 N–H and O–H groups in total. The number of carbonyl (C=O) groups is 6. The average Bonchev–Trinajstić information content (AvgIpc) is 4.05. The minimum Gasteiger partial charge on any atom is -0.493 e. The third-order valence-corrected chi connectivity index (χ3v) is 13.6. The molecule has 5 aromatic rings. The normalized spacial score (nSPS) is 15.6. The third kappa shape index (κ3) is 13.1. The van der Waals surface area contributed by atoms with Gasteiger partial charge in [0.25, 0.3) is 11.8 Å². The summed E-state index contributed by atoms with van der Waals surface area (Å²) in [7, 11) is 2.97. The molecule has 402 valence electrons. The Morgan fingerprint density at radius 1 is 0.649 bits per heavy atom. The molecule has 0 aromatic heterocycles. The highest BCUT2D eigenvalue weighted by Gasteiger charge is 2.38. The molecule has 0 spiro atoms. The molecule has 0 saturated carbocycles. The van der Waals surface area contributed by atoms with Crippen LogP contribution in [0.4, 0.5) is 28.4 Å². The molecule has 1 unspecified atom stereocenters. The van der Waals surface area contributed by atoms with Gasteiger partial charge in [-0.1, -0.05) is 75.9 Å². The Kier molecular flexibility index (Phi) is 18.0. The van der Waals surface area contributed by atoms with Crippen molar-refractivity contribution in [2.24, 2.45) is 15.7 Å². The number of hydrogen-bond donors (Lipinski definition) is 4. The maximum Gasteiger partial charge on any atom is 0.261 e. The Hall–Kier alpha value is -8.54. The molecule has 9 rings (SSSR count). The lowest BCUT2D eigenvalue weighted by Crippen LogP contribution is -2.46. The van der Waals surface area contributed by atoms with Crippen LogP contribution in [0.3, 0.4) is 0 Å². The summed E-state index contributed by atoms with van der Waals surface area (Å²) in [4.78, 5) is 90.6. The van der Waals surface area contributed by atoms with Crippen LogP contribution in [0.1, 0.15) is 115 Å². The fourth-order valence-electron chi connectivity index (χ4n) is 9.69. The maximum atomic E-state index is 14.0. The highest BCUT2D eigenvalue weighted by molar-refractivity contribution is 6.16. The molecular weight excluding hydrogens is 981 g/mol. The van der Waals surface area contributed by atoms with Crippen molar-refractivity contribution < 1.29 is 47.7 Å². The Labute approximate surface area is 448 Å². The van der Waals surface area contributed by atoms with Crippen molar-refractivity contribution in [2.75, 3.05) is 35.9 Å². The van der Waals surface area contributed by atoms with Gasteiger partial charge in [-0.05, 0) is 84.5 Å². The van der Waals surface area contributed by atoms with E-state index >= 15 is 0 Å². The number of benzene rings is 5. The maximum absolute atomic E-state index is 14.0. The Balaban J connectivity index is 0.00000124. The number of nitrogens with zero attached hydrogens (tertiary/aromatic N) is 4. The molecular formula is C59H66N8O10. The summed E-state index contributed by atoms with van der Waals surface area (Å²) >= 11 is 0. The number of nitrogens with one attached hydrogen (secondary N) is 3. The van der Waals surface area contributed by atoms with Gasteiger partial charge in [-0.3, -0.25) is 48.6 Å². The van der Waals surface area contributed by atoms with E-state index in [2.05, 4.69) is 29.8 Å². The van der Waals surface area contributed by atoms with Gasteiger partial charge in [0.15, 0.2) is 23.0 Å². The first-order valence-electron chi connectivity index (χ1n) is 26.2. The summed E-state index contributed by atoms with van der Waals surface area (Å²) in [6.07, 6.45) is 11.5. The summed E-state index contributed by atoms with van der Waals surface area (Å²) in [6.45, 7) is 5.51. The van der Waals surface area contributed by atoms with Crippen molar-refractivity contribution in [3.8, 4) is 23.0 Å². The average molecular weight is 1050 g/mol. The van der Waals surface area contributed by atoms with Gasteiger partial charge < -0.3 is 40.6 Å². The van der Waals surface area contributed by atoms with Crippen molar-refractivity contribution in [2.45, 2.75) is 116 Å². The fourth-order valence-corrected chi connectivity index (χ4v) is 9.69. The van der Waals surface area contributed by atoms with E-state index in [1.165, 1.54) is 46.8 Å². The number of para-hydroxylation sites is 2. The van der Waals surface area contributed by atoms with Gasteiger partial charge in [-0.2, -0.15) is 0 Å². The minimum absolute atomic E-state index is 0.0259. The van der Waals surface area contributed by atoms with Crippen LogP contribution in [-0.2, 0) is 45.2 Å². The Bertz CT molecular complexity index is 2940. The Morgan fingerprint density at radius 2 is 1.14 bits per heavy atom. The molecule has 77 heavy (non-hydrogen) atoms. The molecule has 5 aromatic carbocycles. The van der Waals surface area contributed by atoms with Crippen LogP contribution in [0.25, 0.3) is 0 Å². The smallest absolute Gasteiger partial charge is 0.261 e. The van der Waals surface area contributed by atoms with Gasteiger partial charge in [0.2, 0.25) is 23.6 Å². The van der Waals surface area contributed by atoms with Gasteiger partial charge >= 0.3 is 0 Å². The summed E-state index contributed by atoms with van der Waals surface area (Å²) in [5.74, 6) is -1.06. The number of ether oxygens (including phenoxy) is 4. The molecule has 3 atom stereocenters. The zero-order valence-corrected chi connectivity index (χ0v) is 44.2. The van der Waals surface area contributed by atoms with E-state index in [0.717, 1.165) is 22.5 Å². The summed E-state index contributed by atoms with van der Waals surface area (Å²) < 4.78 is 24.2. The Morgan fingerprint density at radius 3 is 1.62 bits per heavy atom. The number of carbonyl (C=O) groups excluding carboxylic acids is 6. The topological polar surface area (TPSA) is 233 Å². The molecule has 0 aliphatic carbocycles. The molecule has 0 saturated heterocycles. The number of aliphatic imine (C=N–C) groups is 2. The number of methoxy groups -OCH3 is 2. The third-order valence-electron chi connectivity index (χ3n) is 13.6. The van der Waals surface area contributed by atoms with Crippen molar-refractivity contribution in [1.82, 2.24) is 10.6 Å². The molecule has 4 heterocycles. The lowest BCUT2D eigenvalue weighted by atomic mass is 10.1. The number of fused-ring (bicyclic) bond motifs is 8. The number of hydrogen-bond acceptors (Lipinski definition) is 12. The molecule has 4 aliphatic heterocycles. The van der Waals surface area contributed by atoms with Crippen molar-refractivity contribution >= 4 is 76.3 Å². The van der Waals surface area contributed by atoms with Crippen LogP contribution in [-0.4, -0.2) is 86.8 Å². The number of primary amides is 1. The van der Waals surface area contributed by atoms with Crippen molar-refractivity contribution in [1.29, 1.82) is 0 Å². The van der Waals surface area contributed by atoms with Crippen LogP contribution in [0.15, 0.2) is 101 Å². The van der Waals surface area contributed by atoms with Crippen molar-refractivity contribution in [3.05, 3.63) is 124 Å². The van der Waals surface area contributed by atoms with Crippen LogP contribution in [0, 0.1) is 0 Å². The number of unbranched alkanes of at least 4 members (excludes halogenated alkanes) is 4. The monoisotopic (exact) mass is 1050 g/mol. The second kappa shape index (κ2) is 25.3. The van der Waals surface area contributed by atoms with Gasteiger partial charge in [0, 0.05) is 67.3 Å². The van der Waals surface area contributed by atoms with Crippen LogP contribution in [0.5, 0.6) is 23.0 Å². The molecule has 18 nitrogen and oxygen atoms in total. The molecule has 18 heteroatoms. The summed E-state index contributed by atoms with van der Waals surface area (Å²) in [5, 5.41) is 8.00. The number of rotatable bonds is 21. The molecule has 0 fully saturated rings. The van der Waals surface area contributed by atoms with E-state index in [1.54, 1.807) is 58.6 Å². The minimum atomic E-state index is -0.930. The van der Waals surface area contributed by atoms with E-state index in [4.69, 9.17) is 34.7 Å². The lowest BCUT2D eigenvalue weighted by molar-refractivity contribution is -0.129. The molecule has 0 bridgehead atoms. The highest BCUT2D eigenvalue weighted by atomic mass is 16.5. The van der Waals surface area contributed by atoms with Crippen molar-refractivity contribution in [3.63, 3.8) is 0 Å². The van der Waals surface area contributed by atoms with E-state index < -0.39 is 30.3 Å². The van der Waals surface area contributed by atoms with Crippen LogP contribution in [0.2, 0.25) is 0 Å². The first kappa shape index (κ1) is 54.7. The second-order valence-electron chi connectivity index (χ2n) is 19.3. The standard InChI is InChI=1S/C53H52N8O10.C6H14/c1-30(58-49(63)15-9-8-14-48(54)62)51(65)57-27-50(64)59-35-17-31(28-70-46-23-40-38(21-44(46)68-2)52(66)60-36(25-55-40)19-33-10-4-6-12-42(33)60)16-32(18-35)29-71-47-24-41-39(22-45(47)69-3)53(67)61-37(26-56-41)20-34-11-5-7-13-43(34)61;1-3-5-6-4-2/h4-7,10-13,16-18,21-26,30,36-37H,8-9,14-15,19-20,27-29H2,1-3H3,(H2,54,62)(H,57,65)(H,58,63)(H,59,64);3-6H2,1-2H3/t30-,36-,37?;/m0./s1. The zero-order valence-electron chi connectivity index (χ0n) is 44.2. The second-order valence-corrected chi connectivity index (χ2v) is 19.3. The number of anilines is 3. The SMILES string of the molecule is CCCCCC.COc1cc2c(cc1OCc1cc(COc3cc4c(cc3OC)C(=O)N3c5ccccc5C[C@H]3C=N4)cc(NC(=O)CNC(=O)[C@H](C)NC(=O)CCCCC(N)=O)c1)N=CC1Cc3ccccc3N1C2=O. The fraction of sp³-hybridized carbons (Fsp3) is 0.356. The van der Waals surface area contributed by atoms with E-state index in [9.17, 15) is 28.8 Å². The molecule has 4 aliphatic rings. The van der Waals surface area contributed by atoms with Gasteiger partial charge in [-0.15, -0.1) is 0 Å². The van der Waals surface area contributed by atoms with E-state index in [1.807, 2.05) is 54.6 Å². The molecule has 0 radical (unpaired) electrons. The zero-order chi connectivity index (χ0) is 54.6. The van der Waals surface area contributed by atoms with Gasteiger partial charge in [-0.25, -0.2) is 0 Å². The first-order valence-corrected chi connectivity index (χ1v) is 26.2. The quantitative estimate of drug-likeness (QED) is 0.0511. The predicted molar refractivity (Wildman–Crippen MR) is 296 cm³/mol. The van der Waals surface area contributed by atoms with Crippen LogP contribution < -0.4 is 50.4 Å². The molecule has 6 amide bonds. The van der Waals surface area contributed by atoms with Gasteiger partial charge in [0.05, 0.1) is 55.3 Å². The number of amides is 6. The number of nitrogens with two attached hydrogens (primary N) is 1. The van der Waals surface area contributed by atoms with E-state index in [0.29, 0.717) is 88.0 Å². The van der Waals surface area contributed by atoms with Gasteiger partial charge in [0.1, 0.15) is 19.3 Å². The first-order chi connectivity index (χ1) is 37.3. The predicted octanol–water partition coefficient (Wildman–Crippen LogP) is 8.63. The summed E-state index contributed by atoms with van der Waals surface area (Å²) in [5.41, 5.74) is 12.1.